The minimum Gasteiger partial charge on any atom is -0.365 e. The zero-order valence-corrected chi connectivity index (χ0v) is 22.7. The topological polar surface area (TPSA) is 144 Å². The second-order valence-electron chi connectivity index (χ2n) is 10.4. The number of nitrogens with one attached hydrogen (secondary N) is 2. The zero-order chi connectivity index (χ0) is 28.3. The molecule has 2 aromatic carbocycles. The molecular formula is C28H31N7O4S. The number of hydrogen-bond acceptors (Lipinski definition) is 6. The second-order valence-corrected chi connectivity index (χ2v) is 12.1. The third-order valence-corrected chi connectivity index (χ3v) is 8.85. The summed E-state index contributed by atoms with van der Waals surface area (Å²) in [5.74, 6) is -0.768. The quantitative estimate of drug-likeness (QED) is 0.325. The molecule has 1 aromatic heterocycles. The van der Waals surface area contributed by atoms with Crippen molar-refractivity contribution in [1.82, 2.24) is 14.7 Å². The largest absolute Gasteiger partial charge is 0.365 e. The summed E-state index contributed by atoms with van der Waals surface area (Å²) in [6.45, 7) is 9.67. The first-order chi connectivity index (χ1) is 19.2. The van der Waals surface area contributed by atoms with Crippen LogP contribution in [0, 0.1) is 12.5 Å². The van der Waals surface area contributed by atoms with E-state index >= 15 is 0 Å². The Labute approximate surface area is 233 Å². The number of likely N-dealkylation sites (tertiary alicyclic amines) is 1. The van der Waals surface area contributed by atoms with Crippen LogP contribution in [0.25, 0.3) is 4.85 Å². The smallest absolute Gasteiger partial charge is 0.261 e. The molecule has 5 rings (SSSR count). The maximum Gasteiger partial charge on any atom is 0.261 e. The van der Waals surface area contributed by atoms with E-state index in [0.29, 0.717) is 38.2 Å². The number of rotatable bonds is 10. The average molecular weight is 562 g/mol. The van der Waals surface area contributed by atoms with Crippen LogP contribution in [0.5, 0.6) is 0 Å². The molecule has 1 aliphatic heterocycles. The molecule has 208 valence electrons. The van der Waals surface area contributed by atoms with E-state index in [-0.39, 0.29) is 34.6 Å². The highest BCUT2D eigenvalue weighted by Gasteiger charge is 2.41. The van der Waals surface area contributed by atoms with Crippen molar-refractivity contribution >= 4 is 33.3 Å². The van der Waals surface area contributed by atoms with Gasteiger partial charge in [-0.15, -0.1) is 0 Å². The van der Waals surface area contributed by atoms with E-state index in [2.05, 4.69) is 24.9 Å². The van der Waals surface area contributed by atoms with Gasteiger partial charge < -0.3 is 15.9 Å². The lowest BCUT2D eigenvalue weighted by Crippen LogP contribution is -2.48. The van der Waals surface area contributed by atoms with Crippen molar-refractivity contribution in [2.75, 3.05) is 29.7 Å². The fourth-order valence-electron chi connectivity index (χ4n) is 4.99. The summed E-state index contributed by atoms with van der Waals surface area (Å²) in [4.78, 5) is 30.5. The Morgan fingerprint density at radius 1 is 1.10 bits per heavy atom. The zero-order valence-electron chi connectivity index (χ0n) is 21.9. The van der Waals surface area contributed by atoms with E-state index in [1.165, 1.54) is 0 Å². The van der Waals surface area contributed by atoms with Gasteiger partial charge in [0.1, 0.15) is 11.1 Å². The second kappa shape index (κ2) is 11.1. The van der Waals surface area contributed by atoms with E-state index < -0.39 is 21.5 Å². The van der Waals surface area contributed by atoms with E-state index in [1.807, 2.05) is 18.2 Å². The van der Waals surface area contributed by atoms with Crippen LogP contribution in [0.2, 0.25) is 0 Å². The van der Waals surface area contributed by atoms with E-state index in [4.69, 9.17) is 12.3 Å². The van der Waals surface area contributed by atoms with Crippen molar-refractivity contribution in [3.63, 3.8) is 0 Å². The fraction of sp³-hybridized carbons (Fsp3) is 0.357. The number of nitrogens with two attached hydrogens (primary N) is 1. The standard InChI is InChI=1S/C28H31N7O4S/c1-30-19-28(35-18-24(25(29)36)26(32-35)31-27(37)21-10-11-21)12-14-34(15-13-28)17-20-6-5-7-22(16-20)33-40(38,39)23-8-3-2-4-9-23/h2-9,16,18,21,33H,10-15,17,19H2,(H2,29,36)(H,31,32,37). The normalized spacial score (nSPS) is 17.1. The number of amides is 2. The van der Waals surface area contributed by atoms with E-state index in [0.717, 1.165) is 18.4 Å². The van der Waals surface area contributed by atoms with Crippen molar-refractivity contribution in [3.8, 4) is 0 Å². The Hall–Kier alpha value is -4.21. The third kappa shape index (κ3) is 6.00. The summed E-state index contributed by atoms with van der Waals surface area (Å²) in [5.41, 5.74) is 6.51. The lowest BCUT2D eigenvalue weighted by Gasteiger charge is -2.38. The fourth-order valence-corrected chi connectivity index (χ4v) is 6.06. The Morgan fingerprint density at radius 2 is 1.82 bits per heavy atom. The number of primary amides is 1. The monoisotopic (exact) mass is 561 g/mol. The molecule has 2 aliphatic rings. The molecule has 1 saturated carbocycles. The maximum absolute atomic E-state index is 12.7. The van der Waals surface area contributed by atoms with E-state index in [9.17, 15) is 18.0 Å². The molecule has 40 heavy (non-hydrogen) atoms. The minimum atomic E-state index is -3.69. The van der Waals surface area contributed by atoms with Crippen LogP contribution in [0.3, 0.4) is 0 Å². The molecule has 12 heteroatoms. The minimum absolute atomic E-state index is 0.0570. The van der Waals surface area contributed by atoms with Crippen molar-refractivity contribution in [1.29, 1.82) is 0 Å². The van der Waals surface area contributed by atoms with Crippen LogP contribution in [0.1, 0.15) is 41.6 Å². The summed E-state index contributed by atoms with van der Waals surface area (Å²) in [7, 11) is -3.69. The predicted octanol–water partition coefficient (Wildman–Crippen LogP) is 3.04. The highest BCUT2D eigenvalue weighted by molar-refractivity contribution is 7.92. The molecular weight excluding hydrogens is 530 g/mol. The Morgan fingerprint density at radius 3 is 2.48 bits per heavy atom. The van der Waals surface area contributed by atoms with Gasteiger partial charge in [-0.05, 0) is 55.5 Å². The molecule has 0 atom stereocenters. The Balaban J connectivity index is 1.27. The number of anilines is 2. The summed E-state index contributed by atoms with van der Waals surface area (Å²) in [6, 6.07) is 15.5. The first-order valence-electron chi connectivity index (χ1n) is 13.1. The van der Waals surface area contributed by atoms with Gasteiger partial charge in [-0.1, -0.05) is 30.3 Å². The average Bonchev–Trinajstić information content (AvgIpc) is 3.70. The number of aromatic nitrogens is 2. The summed E-state index contributed by atoms with van der Waals surface area (Å²) in [6.07, 6.45) is 4.39. The molecule has 2 heterocycles. The van der Waals surface area contributed by atoms with Gasteiger partial charge in [-0.3, -0.25) is 23.9 Å². The highest BCUT2D eigenvalue weighted by atomic mass is 32.2. The van der Waals surface area contributed by atoms with Crippen molar-refractivity contribution in [2.24, 2.45) is 11.7 Å². The maximum atomic E-state index is 12.7. The predicted molar refractivity (Wildman–Crippen MR) is 150 cm³/mol. The van der Waals surface area contributed by atoms with E-state index in [1.54, 1.807) is 47.3 Å². The van der Waals surface area contributed by atoms with Crippen LogP contribution < -0.4 is 15.8 Å². The number of carbonyl (C=O) groups is 2. The molecule has 1 saturated heterocycles. The number of hydrogen-bond donors (Lipinski definition) is 3. The molecule has 2 fully saturated rings. The lowest BCUT2D eigenvalue weighted by atomic mass is 9.87. The molecule has 1 aliphatic carbocycles. The summed E-state index contributed by atoms with van der Waals surface area (Å²) >= 11 is 0. The van der Waals surface area contributed by atoms with Crippen molar-refractivity contribution in [3.05, 3.63) is 83.3 Å². The number of sulfonamides is 1. The number of carbonyl (C=O) groups excluding carboxylic acids is 2. The summed E-state index contributed by atoms with van der Waals surface area (Å²) in [5, 5.41) is 7.27. The molecule has 0 radical (unpaired) electrons. The molecule has 0 bridgehead atoms. The van der Waals surface area contributed by atoms with Gasteiger partial charge in [-0.2, -0.15) is 5.10 Å². The van der Waals surface area contributed by atoms with Gasteiger partial charge in [0.15, 0.2) is 5.82 Å². The van der Waals surface area contributed by atoms with Gasteiger partial charge >= 0.3 is 0 Å². The molecule has 0 unspecified atom stereocenters. The third-order valence-electron chi connectivity index (χ3n) is 7.45. The summed E-state index contributed by atoms with van der Waals surface area (Å²) < 4.78 is 29.7. The molecule has 2 amide bonds. The van der Waals surface area contributed by atoms with Gasteiger partial charge in [-0.25, -0.2) is 15.0 Å². The van der Waals surface area contributed by atoms with Gasteiger partial charge in [0, 0.05) is 37.4 Å². The molecule has 11 nitrogen and oxygen atoms in total. The van der Waals surface area contributed by atoms with Gasteiger partial charge in [0.05, 0.1) is 4.90 Å². The van der Waals surface area contributed by atoms with Crippen LogP contribution in [-0.2, 0) is 26.9 Å². The van der Waals surface area contributed by atoms with Gasteiger partial charge in [0.2, 0.25) is 12.5 Å². The molecule has 4 N–H and O–H groups in total. The Kier molecular flexibility index (Phi) is 7.60. The van der Waals surface area contributed by atoms with Gasteiger partial charge in [0.25, 0.3) is 15.9 Å². The van der Waals surface area contributed by atoms with Crippen LogP contribution in [0.15, 0.2) is 65.7 Å². The first kappa shape index (κ1) is 27.4. The molecule has 0 spiro atoms. The van der Waals surface area contributed by atoms with Crippen LogP contribution in [-0.4, -0.2) is 54.5 Å². The van der Waals surface area contributed by atoms with Crippen molar-refractivity contribution in [2.45, 2.75) is 42.7 Å². The number of piperidine rings is 1. The lowest BCUT2D eigenvalue weighted by molar-refractivity contribution is -0.117. The number of benzene rings is 2. The van der Waals surface area contributed by atoms with Crippen LogP contribution in [0.4, 0.5) is 11.5 Å². The van der Waals surface area contributed by atoms with Crippen molar-refractivity contribution < 1.29 is 18.0 Å². The Bertz CT molecular complexity index is 1550. The van der Waals surface area contributed by atoms with Crippen LogP contribution >= 0.6 is 0 Å². The number of nitrogens with zero attached hydrogens (tertiary/aromatic N) is 4. The SMILES string of the molecule is [C-]#[N+]CC1(n2cc(C(N)=O)c(NC(=O)C3CC3)n2)CCN(Cc2cccc(NS(=O)(=O)c3ccccc3)c2)CC1. The highest BCUT2D eigenvalue weighted by Crippen LogP contribution is 2.34. The first-order valence-corrected chi connectivity index (χ1v) is 14.6. The molecule has 3 aromatic rings.